The van der Waals surface area contributed by atoms with Crippen molar-refractivity contribution < 1.29 is 29.3 Å². The second-order valence-electron chi connectivity index (χ2n) is 6.19. The third kappa shape index (κ3) is 3.29. The lowest BCUT2D eigenvalue weighted by atomic mass is 9.97. The molecule has 3 rings (SSSR count). The van der Waals surface area contributed by atoms with Crippen molar-refractivity contribution in [3.8, 4) is 5.75 Å². The Hall–Kier alpha value is -2.46. The Labute approximate surface area is 150 Å². The summed E-state index contributed by atoms with van der Waals surface area (Å²) in [6.45, 7) is -0.354. The second-order valence-corrected chi connectivity index (χ2v) is 6.19. The van der Waals surface area contributed by atoms with Gasteiger partial charge in [-0.25, -0.2) is 4.79 Å². The number of hydrogen-bond donors (Lipinski definition) is 4. The maximum Gasteiger partial charge on any atom is 0.325 e. The van der Waals surface area contributed by atoms with Crippen molar-refractivity contribution in [2.24, 2.45) is 5.73 Å². The number of nitrogens with zero attached hydrogens (tertiary/aromatic N) is 1. The van der Waals surface area contributed by atoms with Crippen molar-refractivity contribution in [2.45, 2.75) is 30.5 Å². The van der Waals surface area contributed by atoms with E-state index in [1.54, 1.807) is 24.3 Å². The van der Waals surface area contributed by atoms with Crippen LogP contribution in [-0.4, -0.2) is 64.7 Å². The van der Waals surface area contributed by atoms with Gasteiger partial charge in [0.25, 0.3) is 0 Å². The number of amides is 2. The molecule has 1 saturated heterocycles. The number of aliphatic hydroxyl groups excluding tert-OH is 2. The molecule has 0 saturated carbocycles. The summed E-state index contributed by atoms with van der Waals surface area (Å²) < 4.78 is 10.5. The lowest BCUT2D eigenvalue weighted by Crippen LogP contribution is -2.65. The van der Waals surface area contributed by atoms with Gasteiger partial charge in [0.15, 0.2) is 5.66 Å². The van der Waals surface area contributed by atoms with Crippen molar-refractivity contribution in [3.05, 3.63) is 42.1 Å². The van der Waals surface area contributed by atoms with E-state index in [0.29, 0.717) is 11.3 Å². The molecule has 9 nitrogen and oxygen atoms in total. The quantitative estimate of drug-likeness (QED) is 0.520. The molecule has 1 fully saturated rings. The van der Waals surface area contributed by atoms with Crippen LogP contribution in [0.3, 0.4) is 0 Å². The Morgan fingerprint density at radius 3 is 2.69 bits per heavy atom. The Morgan fingerprint density at radius 1 is 1.46 bits per heavy atom. The maximum atomic E-state index is 12.7. The molecule has 5 N–H and O–H groups in total. The van der Waals surface area contributed by atoms with Crippen LogP contribution in [0.5, 0.6) is 5.75 Å². The highest BCUT2D eigenvalue weighted by Gasteiger charge is 2.43. The van der Waals surface area contributed by atoms with Crippen LogP contribution in [-0.2, 0) is 4.74 Å². The van der Waals surface area contributed by atoms with Gasteiger partial charge in [0.2, 0.25) is 5.78 Å². The number of aliphatic hydroxyl groups is 2. The lowest BCUT2D eigenvalue weighted by molar-refractivity contribution is -0.0546. The van der Waals surface area contributed by atoms with Gasteiger partial charge in [0.05, 0.1) is 19.8 Å². The fourth-order valence-electron chi connectivity index (χ4n) is 2.94. The number of hydrogen-bond acceptors (Lipinski definition) is 7. The average molecular weight is 363 g/mol. The zero-order valence-electron chi connectivity index (χ0n) is 14.2. The summed E-state index contributed by atoms with van der Waals surface area (Å²) in [5, 5.41) is 21.4. The normalized spacial score (nSPS) is 31.0. The molecule has 0 aromatic heterocycles. The molecule has 2 amide bonds. The lowest BCUT2D eigenvalue weighted by Gasteiger charge is -2.36. The predicted molar refractivity (Wildman–Crippen MR) is 90.1 cm³/mol. The number of benzene rings is 1. The highest BCUT2D eigenvalue weighted by atomic mass is 16.5. The first-order valence-electron chi connectivity index (χ1n) is 8.10. The van der Waals surface area contributed by atoms with Gasteiger partial charge in [0, 0.05) is 18.2 Å². The first kappa shape index (κ1) is 18.3. The first-order valence-corrected chi connectivity index (χ1v) is 8.10. The molecule has 0 bridgehead atoms. The minimum Gasteiger partial charge on any atom is -0.497 e. The molecule has 0 aliphatic carbocycles. The molecule has 140 valence electrons. The molecule has 0 spiro atoms. The maximum absolute atomic E-state index is 12.7. The molecule has 1 aromatic rings. The topological polar surface area (TPSA) is 134 Å². The van der Waals surface area contributed by atoms with Crippen molar-refractivity contribution >= 4 is 11.8 Å². The SMILES string of the molecule is COc1ccc(C(=O)C2(N)C=CN([C@H]3C[C@H](O)[C@@H](CO)O3)C(=O)N2)cc1. The van der Waals surface area contributed by atoms with Crippen LogP contribution in [0.2, 0.25) is 0 Å². The molecule has 4 atom stereocenters. The van der Waals surface area contributed by atoms with E-state index >= 15 is 0 Å². The van der Waals surface area contributed by atoms with E-state index in [2.05, 4.69) is 5.32 Å². The predicted octanol–water partition coefficient (Wildman–Crippen LogP) is -0.460. The summed E-state index contributed by atoms with van der Waals surface area (Å²) in [6.07, 6.45) is 0.482. The number of ether oxygens (including phenoxy) is 2. The molecule has 2 aliphatic rings. The Bertz CT molecular complexity index is 722. The van der Waals surface area contributed by atoms with Gasteiger partial charge >= 0.3 is 6.03 Å². The number of rotatable bonds is 5. The average Bonchev–Trinajstić information content (AvgIpc) is 3.01. The van der Waals surface area contributed by atoms with Gasteiger partial charge in [0.1, 0.15) is 18.1 Å². The van der Waals surface area contributed by atoms with E-state index in [-0.39, 0.29) is 13.0 Å². The number of methoxy groups -OCH3 is 1. The van der Waals surface area contributed by atoms with Crippen LogP contribution < -0.4 is 15.8 Å². The molecular weight excluding hydrogens is 342 g/mol. The standard InChI is InChI=1S/C17H21N3O6/c1-25-11-4-2-10(3-5-11)15(23)17(18)6-7-20(16(24)19-17)14-8-12(22)13(9-21)26-14/h2-7,12-14,21-22H,8-9,18H2,1H3,(H,19,24)/t12-,13+,14+,17?/m0/s1. The highest BCUT2D eigenvalue weighted by Crippen LogP contribution is 2.26. The van der Waals surface area contributed by atoms with E-state index in [1.165, 1.54) is 24.3 Å². The molecule has 1 unspecified atom stereocenters. The van der Waals surface area contributed by atoms with Crippen molar-refractivity contribution in [1.29, 1.82) is 0 Å². The molecule has 2 heterocycles. The number of ketones is 1. The number of carbonyl (C=O) groups is 2. The summed E-state index contributed by atoms with van der Waals surface area (Å²) in [4.78, 5) is 26.3. The Kier molecular flexibility index (Phi) is 4.97. The number of nitrogens with two attached hydrogens (primary N) is 1. The van der Waals surface area contributed by atoms with E-state index in [9.17, 15) is 14.7 Å². The molecule has 2 aliphatic heterocycles. The summed E-state index contributed by atoms with van der Waals surface area (Å²) in [5.41, 5.74) is 4.70. The number of carbonyl (C=O) groups excluding carboxylic acids is 2. The minimum atomic E-state index is -1.70. The van der Waals surface area contributed by atoms with Gasteiger partial charge in [-0.05, 0) is 30.3 Å². The number of Topliss-reactive ketones (excluding diaryl/α,β-unsaturated/α-hetero) is 1. The Balaban J connectivity index is 1.76. The van der Waals surface area contributed by atoms with Crippen LogP contribution in [0.15, 0.2) is 36.5 Å². The summed E-state index contributed by atoms with van der Waals surface area (Å²) in [5.74, 6) is 0.113. The molecule has 26 heavy (non-hydrogen) atoms. The van der Waals surface area contributed by atoms with Gasteiger partial charge in [-0.3, -0.25) is 15.4 Å². The third-order valence-electron chi connectivity index (χ3n) is 4.47. The molecule has 0 radical (unpaired) electrons. The van der Waals surface area contributed by atoms with Gasteiger partial charge in [-0.2, -0.15) is 0 Å². The van der Waals surface area contributed by atoms with Gasteiger partial charge in [-0.1, -0.05) is 0 Å². The first-order chi connectivity index (χ1) is 12.4. The fraction of sp³-hybridized carbons (Fsp3) is 0.412. The van der Waals surface area contributed by atoms with Crippen LogP contribution in [0.1, 0.15) is 16.8 Å². The van der Waals surface area contributed by atoms with Gasteiger partial charge < -0.3 is 25.0 Å². The van der Waals surface area contributed by atoms with Gasteiger partial charge in [-0.15, -0.1) is 0 Å². The van der Waals surface area contributed by atoms with E-state index in [0.717, 1.165) is 0 Å². The smallest absolute Gasteiger partial charge is 0.325 e. The van der Waals surface area contributed by atoms with Crippen molar-refractivity contribution in [2.75, 3.05) is 13.7 Å². The van der Waals surface area contributed by atoms with Crippen LogP contribution in [0, 0.1) is 0 Å². The van der Waals surface area contributed by atoms with Crippen LogP contribution in [0.25, 0.3) is 0 Å². The van der Waals surface area contributed by atoms with E-state index in [4.69, 9.17) is 20.3 Å². The highest BCUT2D eigenvalue weighted by molar-refractivity contribution is 6.06. The summed E-state index contributed by atoms with van der Waals surface area (Å²) >= 11 is 0. The largest absolute Gasteiger partial charge is 0.497 e. The zero-order valence-corrected chi connectivity index (χ0v) is 14.2. The zero-order chi connectivity index (χ0) is 18.9. The number of nitrogens with one attached hydrogen (secondary N) is 1. The third-order valence-corrected chi connectivity index (χ3v) is 4.47. The summed E-state index contributed by atoms with van der Waals surface area (Å²) in [7, 11) is 1.52. The van der Waals surface area contributed by atoms with Crippen molar-refractivity contribution in [1.82, 2.24) is 10.2 Å². The summed E-state index contributed by atoms with van der Waals surface area (Å²) in [6, 6.07) is 5.74. The van der Waals surface area contributed by atoms with Crippen LogP contribution in [0.4, 0.5) is 4.79 Å². The van der Waals surface area contributed by atoms with E-state index in [1.807, 2.05) is 0 Å². The Morgan fingerprint density at radius 2 is 2.15 bits per heavy atom. The van der Waals surface area contributed by atoms with Crippen molar-refractivity contribution in [3.63, 3.8) is 0 Å². The monoisotopic (exact) mass is 363 g/mol. The second kappa shape index (κ2) is 7.04. The number of urea groups is 1. The molecule has 1 aromatic carbocycles. The molecule has 9 heteroatoms. The van der Waals surface area contributed by atoms with Crippen LogP contribution >= 0.6 is 0 Å². The van der Waals surface area contributed by atoms with E-state index < -0.39 is 35.9 Å². The fourth-order valence-corrected chi connectivity index (χ4v) is 2.94. The molecular formula is C17H21N3O6. The minimum absolute atomic E-state index is 0.146.